The molecule has 1 aromatic carbocycles. The van der Waals surface area contributed by atoms with Crippen LogP contribution in [0.25, 0.3) is 0 Å². The number of nitro groups is 1. The zero-order chi connectivity index (χ0) is 18.4. The third kappa shape index (κ3) is 8.98. The molecule has 2 aromatic rings. The van der Waals surface area contributed by atoms with Crippen molar-refractivity contribution in [2.24, 2.45) is 5.10 Å². The quantitative estimate of drug-likeness (QED) is 0.402. The number of hydrogen-bond acceptors (Lipinski definition) is 5. The van der Waals surface area contributed by atoms with Crippen LogP contribution in [0.15, 0.2) is 47.7 Å². The minimum absolute atomic E-state index is 0.0330. The number of halogens is 1. The van der Waals surface area contributed by atoms with Gasteiger partial charge in [0.1, 0.15) is 12.0 Å². The number of hydrogen-bond donors (Lipinski definition) is 1. The zero-order valence-electron chi connectivity index (χ0n) is 13.6. The fraction of sp³-hybridized carbons (Fsp3) is 0.188. The Bertz CT molecular complexity index is 643. The number of pyridine rings is 1. The zero-order valence-corrected chi connectivity index (χ0v) is 13.6. The average Bonchev–Trinajstić information content (AvgIpc) is 2.60. The molecule has 1 heterocycles. The monoisotopic (exact) mass is 334 g/mol. The van der Waals surface area contributed by atoms with Gasteiger partial charge in [0, 0.05) is 11.8 Å². The summed E-state index contributed by atoms with van der Waals surface area (Å²) >= 11 is 0. The molecule has 0 aliphatic carbocycles. The fourth-order valence-electron chi connectivity index (χ4n) is 1.26. The van der Waals surface area contributed by atoms with Crippen LogP contribution in [0.4, 0.5) is 10.1 Å². The predicted molar refractivity (Wildman–Crippen MR) is 90.2 cm³/mol. The maximum Gasteiger partial charge on any atom is 0.287 e. The van der Waals surface area contributed by atoms with Crippen molar-refractivity contribution in [3.63, 3.8) is 0 Å². The standard InChI is InChI=1S/C8H7FN2O.C6H6N2O2.C2H6/c9-8-3-1-7(2-4-8)5-10-11-6-12;1-5-2-3-6(4-7-5)8(9)10;1-2/h1-6H,(H,11,12);2-4H,1H3;1-2H3/b10-5+;;. The Labute approximate surface area is 139 Å². The molecule has 24 heavy (non-hydrogen) atoms. The number of nitrogens with one attached hydrogen (secondary N) is 1. The first-order chi connectivity index (χ1) is 11.5. The molecule has 1 N–H and O–H groups in total. The van der Waals surface area contributed by atoms with E-state index in [1.807, 2.05) is 13.8 Å². The van der Waals surface area contributed by atoms with E-state index in [-0.39, 0.29) is 11.5 Å². The van der Waals surface area contributed by atoms with Crippen molar-refractivity contribution in [3.8, 4) is 0 Å². The van der Waals surface area contributed by atoms with Gasteiger partial charge in [-0.15, -0.1) is 0 Å². The molecule has 0 aliphatic heterocycles. The summed E-state index contributed by atoms with van der Waals surface area (Å²) in [5.74, 6) is -0.296. The molecule has 0 saturated heterocycles. The first-order valence-corrected chi connectivity index (χ1v) is 7.08. The lowest BCUT2D eigenvalue weighted by molar-refractivity contribution is -0.385. The normalized spacial score (nSPS) is 9.17. The molecular weight excluding hydrogens is 315 g/mol. The molecule has 0 unspecified atom stereocenters. The molecular formula is C16H19FN4O3. The van der Waals surface area contributed by atoms with Crippen LogP contribution in [-0.2, 0) is 4.79 Å². The Morgan fingerprint density at radius 2 is 1.83 bits per heavy atom. The lowest BCUT2D eigenvalue weighted by Gasteiger charge is -1.90. The number of amides is 1. The molecule has 0 spiro atoms. The molecule has 0 aliphatic rings. The molecule has 2 rings (SSSR count). The van der Waals surface area contributed by atoms with Crippen molar-refractivity contribution >= 4 is 18.3 Å². The van der Waals surface area contributed by atoms with Gasteiger partial charge >= 0.3 is 0 Å². The van der Waals surface area contributed by atoms with Gasteiger partial charge in [-0.2, -0.15) is 5.10 Å². The van der Waals surface area contributed by atoms with E-state index >= 15 is 0 Å². The first kappa shape index (κ1) is 20.8. The number of nitrogens with zero attached hydrogens (tertiary/aromatic N) is 3. The molecule has 0 bridgehead atoms. The topological polar surface area (TPSA) is 97.5 Å². The predicted octanol–water partition coefficient (Wildman–Crippen LogP) is 3.23. The second kappa shape index (κ2) is 12.4. The van der Waals surface area contributed by atoms with Crippen LogP contribution in [0.1, 0.15) is 25.1 Å². The lowest BCUT2D eigenvalue weighted by Crippen LogP contribution is -2.00. The van der Waals surface area contributed by atoms with Crippen molar-refractivity contribution in [1.82, 2.24) is 10.4 Å². The summed E-state index contributed by atoms with van der Waals surface area (Å²) in [6.07, 6.45) is 3.13. The van der Waals surface area contributed by atoms with E-state index in [1.54, 1.807) is 25.1 Å². The molecule has 1 aromatic heterocycles. The van der Waals surface area contributed by atoms with E-state index in [0.29, 0.717) is 6.41 Å². The Balaban J connectivity index is 0.000000405. The van der Waals surface area contributed by atoms with E-state index in [1.165, 1.54) is 30.6 Å². The smallest absolute Gasteiger partial charge is 0.277 e. The van der Waals surface area contributed by atoms with Gasteiger partial charge in [0.05, 0.1) is 11.1 Å². The van der Waals surface area contributed by atoms with E-state index in [2.05, 4.69) is 15.5 Å². The number of aromatic nitrogens is 1. The minimum atomic E-state index is -0.466. The second-order valence-corrected chi connectivity index (χ2v) is 3.97. The van der Waals surface area contributed by atoms with E-state index in [4.69, 9.17) is 0 Å². The van der Waals surface area contributed by atoms with Crippen LogP contribution in [0, 0.1) is 22.9 Å². The maximum atomic E-state index is 12.4. The summed E-state index contributed by atoms with van der Waals surface area (Å²) in [5, 5.41) is 13.6. The van der Waals surface area contributed by atoms with Crippen molar-refractivity contribution in [2.75, 3.05) is 0 Å². The highest BCUT2D eigenvalue weighted by atomic mass is 19.1. The number of benzene rings is 1. The van der Waals surface area contributed by atoms with Crippen molar-refractivity contribution in [1.29, 1.82) is 0 Å². The van der Waals surface area contributed by atoms with Gasteiger partial charge in [-0.1, -0.05) is 26.0 Å². The van der Waals surface area contributed by atoms with Gasteiger partial charge in [0.25, 0.3) is 5.69 Å². The Morgan fingerprint density at radius 1 is 1.21 bits per heavy atom. The Hall–Kier alpha value is -3.16. The Kier molecular flexibility index (Phi) is 10.8. The summed E-state index contributed by atoms with van der Waals surface area (Å²) < 4.78 is 12.4. The average molecular weight is 334 g/mol. The van der Waals surface area contributed by atoms with Gasteiger partial charge in [-0.25, -0.2) is 9.82 Å². The third-order valence-corrected chi connectivity index (χ3v) is 2.32. The summed E-state index contributed by atoms with van der Waals surface area (Å²) in [5.41, 5.74) is 3.65. The first-order valence-electron chi connectivity index (χ1n) is 7.08. The van der Waals surface area contributed by atoms with Crippen LogP contribution in [0.3, 0.4) is 0 Å². The molecule has 8 heteroatoms. The molecule has 0 saturated carbocycles. The molecule has 1 amide bonds. The van der Waals surface area contributed by atoms with Gasteiger partial charge in [0.15, 0.2) is 0 Å². The van der Waals surface area contributed by atoms with Crippen LogP contribution in [-0.4, -0.2) is 22.5 Å². The van der Waals surface area contributed by atoms with Crippen LogP contribution in [0.5, 0.6) is 0 Å². The molecule has 0 atom stereocenters. The number of carbonyl (C=O) groups is 1. The summed E-state index contributed by atoms with van der Waals surface area (Å²) in [7, 11) is 0. The van der Waals surface area contributed by atoms with Crippen molar-refractivity contribution in [2.45, 2.75) is 20.8 Å². The second-order valence-electron chi connectivity index (χ2n) is 3.97. The lowest BCUT2D eigenvalue weighted by atomic mass is 10.2. The number of carbonyl (C=O) groups excluding carboxylic acids is 1. The minimum Gasteiger partial charge on any atom is -0.277 e. The van der Waals surface area contributed by atoms with Gasteiger partial charge in [-0.3, -0.25) is 19.9 Å². The molecule has 0 radical (unpaired) electrons. The van der Waals surface area contributed by atoms with Gasteiger partial charge in [-0.05, 0) is 30.7 Å². The maximum absolute atomic E-state index is 12.4. The largest absolute Gasteiger partial charge is 0.287 e. The fourth-order valence-corrected chi connectivity index (χ4v) is 1.26. The van der Waals surface area contributed by atoms with Crippen molar-refractivity contribution in [3.05, 3.63) is 69.8 Å². The molecule has 7 nitrogen and oxygen atoms in total. The summed E-state index contributed by atoms with van der Waals surface area (Å²) in [4.78, 5) is 23.1. The van der Waals surface area contributed by atoms with E-state index < -0.39 is 4.92 Å². The molecule has 128 valence electrons. The van der Waals surface area contributed by atoms with Crippen LogP contribution >= 0.6 is 0 Å². The number of aryl methyl sites for hydroxylation is 1. The summed E-state index contributed by atoms with van der Waals surface area (Å²) in [6, 6.07) is 8.81. The third-order valence-electron chi connectivity index (χ3n) is 2.32. The highest BCUT2D eigenvalue weighted by Gasteiger charge is 2.02. The van der Waals surface area contributed by atoms with Gasteiger partial charge in [0.2, 0.25) is 6.41 Å². The van der Waals surface area contributed by atoms with E-state index in [9.17, 15) is 19.3 Å². The van der Waals surface area contributed by atoms with Crippen LogP contribution in [0.2, 0.25) is 0 Å². The number of rotatable bonds is 4. The number of hydrazone groups is 1. The highest BCUT2D eigenvalue weighted by molar-refractivity contribution is 5.79. The molecule has 0 fully saturated rings. The van der Waals surface area contributed by atoms with Crippen LogP contribution < -0.4 is 5.43 Å². The Morgan fingerprint density at radius 3 is 2.29 bits per heavy atom. The van der Waals surface area contributed by atoms with E-state index in [0.717, 1.165) is 11.3 Å². The van der Waals surface area contributed by atoms with Crippen molar-refractivity contribution < 1.29 is 14.1 Å². The summed E-state index contributed by atoms with van der Waals surface area (Å²) in [6.45, 7) is 5.78. The highest BCUT2D eigenvalue weighted by Crippen LogP contribution is 2.07. The SMILES string of the molecule is CC.Cc1ccc([N+](=O)[O-])cn1.O=CN/N=C/c1ccc(F)cc1. The van der Waals surface area contributed by atoms with Gasteiger partial charge < -0.3 is 0 Å².